The van der Waals surface area contributed by atoms with Crippen molar-refractivity contribution in [3.63, 3.8) is 0 Å². The summed E-state index contributed by atoms with van der Waals surface area (Å²) < 4.78 is 0. The molecule has 3 aromatic carbocycles. The van der Waals surface area contributed by atoms with E-state index in [4.69, 9.17) is 0 Å². The summed E-state index contributed by atoms with van der Waals surface area (Å²) in [4.78, 5) is 38.2. The molecule has 0 aliphatic carbocycles. The second-order valence-electron chi connectivity index (χ2n) is 7.05. The maximum absolute atomic E-state index is 12.4. The zero-order valence-corrected chi connectivity index (χ0v) is 16.3. The van der Waals surface area contributed by atoms with Crippen molar-refractivity contribution >= 4 is 23.5 Å². The molecule has 1 aliphatic rings. The van der Waals surface area contributed by atoms with Crippen LogP contribution in [0.5, 0.6) is 0 Å². The molecule has 0 radical (unpaired) electrons. The first-order chi connectivity index (χ1) is 14.6. The number of hydrogen-bond acceptors (Lipinski definition) is 3. The van der Waals surface area contributed by atoms with Gasteiger partial charge in [-0.3, -0.25) is 14.5 Å². The van der Waals surface area contributed by atoms with Crippen LogP contribution < -0.4 is 10.6 Å². The van der Waals surface area contributed by atoms with E-state index in [1.807, 2.05) is 42.5 Å². The third kappa shape index (κ3) is 4.22. The molecule has 0 unspecified atom stereocenters. The van der Waals surface area contributed by atoms with Crippen LogP contribution in [0.4, 0.5) is 10.5 Å². The number of carbonyl (C=O) groups excluding carboxylic acids is 3. The predicted molar refractivity (Wildman–Crippen MR) is 114 cm³/mol. The van der Waals surface area contributed by atoms with Gasteiger partial charge in [-0.1, -0.05) is 54.6 Å². The monoisotopic (exact) mass is 399 g/mol. The summed E-state index contributed by atoms with van der Waals surface area (Å²) in [5.41, 5.74) is 3.59. The normalized spacial score (nSPS) is 12.6. The molecule has 0 bridgehead atoms. The Balaban J connectivity index is 1.28. The Morgan fingerprint density at radius 2 is 1.33 bits per heavy atom. The van der Waals surface area contributed by atoms with E-state index in [0.29, 0.717) is 36.3 Å². The van der Waals surface area contributed by atoms with Crippen LogP contribution in [-0.4, -0.2) is 29.3 Å². The van der Waals surface area contributed by atoms with Gasteiger partial charge < -0.3 is 10.6 Å². The molecular weight excluding hydrogens is 378 g/mol. The summed E-state index contributed by atoms with van der Waals surface area (Å²) in [5, 5.41) is 5.60. The minimum Gasteiger partial charge on any atom is -0.334 e. The molecule has 4 amide bonds. The maximum Gasteiger partial charge on any atom is 0.319 e. The van der Waals surface area contributed by atoms with E-state index >= 15 is 0 Å². The van der Waals surface area contributed by atoms with Crippen LogP contribution in [0, 0.1) is 0 Å². The number of anilines is 1. The largest absolute Gasteiger partial charge is 0.334 e. The Labute approximate surface area is 174 Å². The second-order valence-corrected chi connectivity index (χ2v) is 7.05. The van der Waals surface area contributed by atoms with Gasteiger partial charge in [0.25, 0.3) is 11.8 Å². The molecule has 150 valence electrons. The smallest absolute Gasteiger partial charge is 0.319 e. The van der Waals surface area contributed by atoms with Gasteiger partial charge in [0.1, 0.15) is 0 Å². The van der Waals surface area contributed by atoms with Gasteiger partial charge in [-0.05, 0) is 41.8 Å². The number of carbonyl (C=O) groups is 3. The number of fused-ring (bicyclic) bond motifs is 1. The van der Waals surface area contributed by atoms with Crippen molar-refractivity contribution in [1.29, 1.82) is 0 Å². The molecule has 6 nitrogen and oxygen atoms in total. The fourth-order valence-electron chi connectivity index (χ4n) is 3.39. The van der Waals surface area contributed by atoms with Crippen molar-refractivity contribution in [3.8, 4) is 0 Å². The lowest BCUT2D eigenvalue weighted by molar-refractivity contribution is 0.0656. The third-order valence-corrected chi connectivity index (χ3v) is 5.01. The van der Waals surface area contributed by atoms with Crippen molar-refractivity contribution in [2.75, 3.05) is 11.9 Å². The number of urea groups is 1. The average molecular weight is 399 g/mol. The van der Waals surface area contributed by atoms with Gasteiger partial charge in [-0.25, -0.2) is 4.79 Å². The van der Waals surface area contributed by atoms with Crippen LogP contribution >= 0.6 is 0 Å². The van der Waals surface area contributed by atoms with Crippen LogP contribution in [0.1, 0.15) is 31.8 Å². The maximum atomic E-state index is 12.4. The van der Waals surface area contributed by atoms with E-state index in [2.05, 4.69) is 10.6 Å². The highest BCUT2D eigenvalue weighted by Gasteiger charge is 2.34. The quantitative estimate of drug-likeness (QED) is 0.618. The minimum absolute atomic E-state index is 0.246. The zero-order valence-electron chi connectivity index (χ0n) is 16.3. The fraction of sp³-hybridized carbons (Fsp3) is 0.125. The molecule has 1 aliphatic heterocycles. The zero-order chi connectivity index (χ0) is 20.9. The molecule has 6 heteroatoms. The Kier molecular flexibility index (Phi) is 5.57. The first-order valence-electron chi connectivity index (χ1n) is 9.75. The summed E-state index contributed by atoms with van der Waals surface area (Å²) in [7, 11) is 0. The highest BCUT2D eigenvalue weighted by atomic mass is 16.2. The van der Waals surface area contributed by atoms with Gasteiger partial charge in [-0.15, -0.1) is 0 Å². The highest BCUT2D eigenvalue weighted by molar-refractivity contribution is 6.21. The standard InChI is InChI=1S/C24H21N3O3/c28-22-20-8-4-5-9-21(20)23(29)27(22)15-14-17-10-12-19(13-11-17)26-24(30)25-16-18-6-2-1-3-7-18/h1-13H,14-16H2,(H2,25,26,30). The molecular formula is C24H21N3O3. The SMILES string of the molecule is O=C(NCc1ccccc1)Nc1ccc(CCN2C(=O)c3ccccc3C2=O)cc1. The number of nitrogens with one attached hydrogen (secondary N) is 2. The van der Waals surface area contributed by atoms with Crippen molar-refractivity contribution in [2.45, 2.75) is 13.0 Å². The van der Waals surface area contributed by atoms with E-state index in [1.54, 1.807) is 36.4 Å². The number of amides is 4. The molecule has 0 saturated carbocycles. The van der Waals surface area contributed by atoms with E-state index < -0.39 is 0 Å². The van der Waals surface area contributed by atoms with Crippen LogP contribution in [0.15, 0.2) is 78.9 Å². The summed E-state index contributed by atoms with van der Waals surface area (Å²) >= 11 is 0. The highest BCUT2D eigenvalue weighted by Crippen LogP contribution is 2.22. The molecule has 0 aromatic heterocycles. The number of benzene rings is 3. The minimum atomic E-state index is -0.280. The van der Waals surface area contributed by atoms with E-state index in [-0.39, 0.29) is 17.8 Å². The van der Waals surface area contributed by atoms with E-state index in [9.17, 15) is 14.4 Å². The first-order valence-corrected chi connectivity index (χ1v) is 9.75. The van der Waals surface area contributed by atoms with Crippen molar-refractivity contribution < 1.29 is 14.4 Å². The Bertz CT molecular complexity index is 1040. The van der Waals surface area contributed by atoms with Crippen molar-refractivity contribution in [1.82, 2.24) is 10.2 Å². The lowest BCUT2D eigenvalue weighted by Gasteiger charge is -2.14. The third-order valence-electron chi connectivity index (χ3n) is 5.01. The van der Waals surface area contributed by atoms with Gasteiger partial charge >= 0.3 is 6.03 Å². The molecule has 0 fully saturated rings. The van der Waals surface area contributed by atoms with Crippen molar-refractivity contribution in [2.24, 2.45) is 0 Å². The number of rotatable bonds is 6. The summed E-state index contributed by atoms with van der Waals surface area (Å²) in [5.74, 6) is -0.493. The molecule has 0 atom stereocenters. The predicted octanol–water partition coefficient (Wildman–Crippen LogP) is 3.85. The second kappa shape index (κ2) is 8.61. The van der Waals surface area contributed by atoms with Crippen LogP contribution in [-0.2, 0) is 13.0 Å². The number of hydrogen-bond donors (Lipinski definition) is 2. The Hall–Kier alpha value is -3.93. The molecule has 0 spiro atoms. The van der Waals surface area contributed by atoms with Gasteiger partial charge in [0.15, 0.2) is 0 Å². The topological polar surface area (TPSA) is 78.5 Å². The van der Waals surface area contributed by atoms with Gasteiger partial charge in [0.2, 0.25) is 0 Å². The molecule has 4 rings (SSSR count). The van der Waals surface area contributed by atoms with E-state index in [1.165, 1.54) is 4.90 Å². The van der Waals surface area contributed by atoms with Crippen LogP contribution in [0.25, 0.3) is 0 Å². The van der Waals surface area contributed by atoms with Crippen LogP contribution in [0.2, 0.25) is 0 Å². The lowest BCUT2D eigenvalue weighted by atomic mass is 10.1. The Morgan fingerprint density at radius 1 is 0.733 bits per heavy atom. The van der Waals surface area contributed by atoms with Gasteiger partial charge in [0, 0.05) is 18.8 Å². The summed E-state index contributed by atoms with van der Waals surface area (Å²) in [6, 6.07) is 23.6. The molecule has 30 heavy (non-hydrogen) atoms. The van der Waals surface area contributed by atoms with Crippen molar-refractivity contribution in [3.05, 3.63) is 101 Å². The van der Waals surface area contributed by atoms with Gasteiger partial charge in [-0.2, -0.15) is 0 Å². The first kappa shape index (κ1) is 19.4. The molecule has 1 heterocycles. The summed E-state index contributed by atoms with van der Waals surface area (Å²) in [6.07, 6.45) is 0.548. The fourth-order valence-corrected chi connectivity index (χ4v) is 3.39. The van der Waals surface area contributed by atoms with Crippen LogP contribution in [0.3, 0.4) is 0 Å². The lowest BCUT2D eigenvalue weighted by Crippen LogP contribution is -2.31. The van der Waals surface area contributed by atoms with Gasteiger partial charge in [0.05, 0.1) is 11.1 Å². The molecule has 2 N–H and O–H groups in total. The number of imide groups is 1. The van der Waals surface area contributed by atoms with E-state index in [0.717, 1.165) is 11.1 Å². The number of nitrogens with zero attached hydrogens (tertiary/aromatic N) is 1. The molecule has 3 aromatic rings. The molecule has 0 saturated heterocycles. The average Bonchev–Trinajstić information content (AvgIpc) is 3.03. The summed E-state index contributed by atoms with van der Waals surface area (Å²) in [6.45, 7) is 0.766. The Morgan fingerprint density at radius 3 is 1.97 bits per heavy atom.